The number of halogens is 1. The SMILES string of the molecule is CCC(=O)C1=C2C3=CN(CCOCCO)C(C=CC(C)CC)=CC3=C(Cl)C(=O)C2(C)OC1=O. The first kappa shape index (κ1) is 25.1. The minimum absolute atomic E-state index is 0.0314. The molecular formula is C25H30ClNO6. The number of fused-ring (bicyclic) bond motifs is 3. The maximum atomic E-state index is 13.2. The molecule has 0 amide bonds. The summed E-state index contributed by atoms with van der Waals surface area (Å²) >= 11 is 6.51. The van der Waals surface area contributed by atoms with E-state index in [0.717, 1.165) is 12.1 Å². The van der Waals surface area contributed by atoms with Crippen molar-refractivity contribution in [3.05, 3.63) is 57.4 Å². The first-order valence-corrected chi connectivity index (χ1v) is 11.6. The standard InChI is InChI=1S/C25H30ClNO6/c1-5-15(3)7-8-16-13-17-18(14-27(16)9-11-32-12-10-28)21-20(19(29)6-2)24(31)33-25(21,4)23(30)22(17)26/h7-8,13-15,28H,5-6,9-12H2,1-4H3. The molecule has 178 valence electrons. The van der Waals surface area contributed by atoms with Gasteiger partial charge in [0.25, 0.3) is 0 Å². The van der Waals surface area contributed by atoms with Crippen LogP contribution < -0.4 is 0 Å². The molecule has 2 unspecified atom stereocenters. The van der Waals surface area contributed by atoms with Crippen molar-refractivity contribution >= 4 is 29.1 Å². The summed E-state index contributed by atoms with van der Waals surface area (Å²) in [6.07, 6.45) is 8.70. The number of Topliss-reactive ketones (excluding diaryl/α,β-unsaturated/α-hetero) is 2. The second kappa shape index (κ2) is 10.2. The summed E-state index contributed by atoms with van der Waals surface area (Å²) in [4.78, 5) is 40.4. The Hall–Kier alpha value is -2.48. The Kier molecular flexibility index (Phi) is 7.77. The fourth-order valence-corrected chi connectivity index (χ4v) is 4.33. The number of ketones is 2. The molecule has 0 saturated carbocycles. The molecule has 7 nitrogen and oxygen atoms in total. The van der Waals surface area contributed by atoms with Crippen LogP contribution in [0.1, 0.15) is 40.5 Å². The van der Waals surface area contributed by atoms with Gasteiger partial charge in [-0.3, -0.25) is 9.59 Å². The van der Waals surface area contributed by atoms with Crippen molar-refractivity contribution in [3.8, 4) is 0 Å². The van der Waals surface area contributed by atoms with Gasteiger partial charge in [0, 0.05) is 41.6 Å². The van der Waals surface area contributed by atoms with Crippen LogP contribution in [0.25, 0.3) is 0 Å². The van der Waals surface area contributed by atoms with Crippen LogP contribution in [0.5, 0.6) is 0 Å². The summed E-state index contributed by atoms with van der Waals surface area (Å²) in [5.74, 6) is -1.38. The highest BCUT2D eigenvalue weighted by atomic mass is 35.5. The van der Waals surface area contributed by atoms with E-state index in [1.807, 2.05) is 11.0 Å². The Morgan fingerprint density at radius 2 is 2.06 bits per heavy atom. The van der Waals surface area contributed by atoms with Gasteiger partial charge in [0.05, 0.1) is 24.9 Å². The fraction of sp³-hybridized carbons (Fsp3) is 0.480. The van der Waals surface area contributed by atoms with Crippen LogP contribution in [0.2, 0.25) is 0 Å². The molecule has 0 radical (unpaired) electrons. The summed E-state index contributed by atoms with van der Waals surface area (Å²) in [5, 5.41) is 8.96. The van der Waals surface area contributed by atoms with Crippen molar-refractivity contribution in [2.24, 2.45) is 5.92 Å². The van der Waals surface area contributed by atoms with Crippen molar-refractivity contribution in [1.82, 2.24) is 4.90 Å². The summed E-state index contributed by atoms with van der Waals surface area (Å²) in [5.41, 5.74) is 0.319. The quantitative estimate of drug-likeness (QED) is 0.294. The molecule has 0 aromatic heterocycles. The highest BCUT2D eigenvalue weighted by molar-refractivity contribution is 6.46. The number of hydrogen-bond acceptors (Lipinski definition) is 7. The summed E-state index contributed by atoms with van der Waals surface area (Å²) in [6.45, 7) is 8.28. The maximum absolute atomic E-state index is 13.2. The second-order valence-corrected chi connectivity index (χ2v) is 8.77. The van der Waals surface area contributed by atoms with E-state index in [9.17, 15) is 14.4 Å². The molecule has 0 spiro atoms. The molecule has 3 rings (SSSR count). The Balaban J connectivity index is 2.16. The molecule has 1 aliphatic carbocycles. The van der Waals surface area contributed by atoms with Crippen molar-refractivity contribution in [3.63, 3.8) is 0 Å². The molecule has 0 fully saturated rings. The van der Waals surface area contributed by atoms with E-state index in [1.54, 1.807) is 19.2 Å². The van der Waals surface area contributed by atoms with Crippen LogP contribution in [0.15, 0.2) is 57.4 Å². The third-order valence-corrected chi connectivity index (χ3v) is 6.49. The number of aliphatic hydroxyl groups excluding tert-OH is 1. The Bertz CT molecular complexity index is 1020. The van der Waals surface area contributed by atoms with Gasteiger partial charge in [0.2, 0.25) is 5.78 Å². The van der Waals surface area contributed by atoms with Gasteiger partial charge in [0.15, 0.2) is 11.4 Å². The maximum Gasteiger partial charge on any atom is 0.343 e. The number of hydrogen-bond donors (Lipinski definition) is 1. The summed E-state index contributed by atoms with van der Waals surface area (Å²) in [7, 11) is 0. The Labute approximate surface area is 199 Å². The number of aliphatic hydroxyl groups is 1. The number of carbonyl (C=O) groups is 3. The second-order valence-electron chi connectivity index (χ2n) is 8.39. The largest absolute Gasteiger partial charge is 0.442 e. The lowest BCUT2D eigenvalue weighted by atomic mass is 9.75. The Morgan fingerprint density at radius 1 is 1.33 bits per heavy atom. The predicted octanol–water partition coefficient (Wildman–Crippen LogP) is 3.35. The van der Waals surface area contributed by atoms with Crippen LogP contribution in [0.4, 0.5) is 0 Å². The van der Waals surface area contributed by atoms with Gasteiger partial charge in [-0.05, 0) is 25.0 Å². The van der Waals surface area contributed by atoms with Gasteiger partial charge in [-0.25, -0.2) is 4.79 Å². The number of carbonyl (C=O) groups excluding carboxylic acids is 3. The van der Waals surface area contributed by atoms with Crippen LogP contribution >= 0.6 is 11.6 Å². The monoisotopic (exact) mass is 475 g/mol. The third-order valence-electron chi connectivity index (χ3n) is 6.12. The lowest BCUT2D eigenvalue weighted by molar-refractivity contribution is -0.153. The van der Waals surface area contributed by atoms with Crippen LogP contribution in [0, 0.1) is 5.92 Å². The first-order valence-electron chi connectivity index (χ1n) is 11.2. The molecule has 0 bridgehead atoms. The van der Waals surface area contributed by atoms with Crippen LogP contribution in [-0.4, -0.2) is 59.5 Å². The van der Waals surface area contributed by atoms with Gasteiger partial charge < -0.3 is 19.5 Å². The molecule has 2 aliphatic heterocycles. The number of rotatable bonds is 10. The van der Waals surface area contributed by atoms with E-state index in [4.69, 9.17) is 26.2 Å². The topological polar surface area (TPSA) is 93.1 Å². The molecule has 2 heterocycles. The molecule has 1 N–H and O–H groups in total. The zero-order chi connectivity index (χ0) is 24.3. The van der Waals surface area contributed by atoms with E-state index in [2.05, 4.69) is 19.9 Å². The van der Waals surface area contributed by atoms with Crippen molar-refractivity contribution in [2.75, 3.05) is 26.4 Å². The third kappa shape index (κ3) is 4.63. The van der Waals surface area contributed by atoms with Gasteiger partial charge in [0.1, 0.15) is 5.57 Å². The number of esters is 1. The minimum Gasteiger partial charge on any atom is -0.442 e. The van der Waals surface area contributed by atoms with Crippen LogP contribution in [-0.2, 0) is 23.9 Å². The van der Waals surface area contributed by atoms with Crippen molar-refractivity contribution in [2.45, 2.75) is 46.1 Å². The highest BCUT2D eigenvalue weighted by Gasteiger charge is 2.56. The average molecular weight is 476 g/mol. The van der Waals surface area contributed by atoms with Crippen LogP contribution in [0.3, 0.4) is 0 Å². The molecule has 8 heteroatoms. The molecule has 33 heavy (non-hydrogen) atoms. The van der Waals surface area contributed by atoms with E-state index >= 15 is 0 Å². The fourth-order valence-electron chi connectivity index (χ4n) is 4.00. The van der Waals surface area contributed by atoms with E-state index < -0.39 is 17.4 Å². The number of ether oxygens (including phenoxy) is 2. The van der Waals surface area contributed by atoms with Gasteiger partial charge in [-0.15, -0.1) is 0 Å². The van der Waals surface area contributed by atoms with Crippen molar-refractivity contribution < 1.29 is 29.0 Å². The normalized spacial score (nSPS) is 23.5. The highest BCUT2D eigenvalue weighted by Crippen LogP contribution is 2.49. The summed E-state index contributed by atoms with van der Waals surface area (Å²) < 4.78 is 10.9. The van der Waals surface area contributed by atoms with E-state index in [-0.39, 0.29) is 41.6 Å². The molecule has 0 aromatic rings. The van der Waals surface area contributed by atoms with Gasteiger partial charge in [-0.1, -0.05) is 44.9 Å². The zero-order valence-corrected chi connectivity index (χ0v) is 20.2. The first-order chi connectivity index (χ1) is 15.7. The number of nitrogens with zero attached hydrogens (tertiary/aromatic N) is 1. The smallest absolute Gasteiger partial charge is 0.343 e. The zero-order valence-electron chi connectivity index (χ0n) is 19.4. The number of allylic oxidation sites excluding steroid dienone is 4. The van der Waals surface area contributed by atoms with Gasteiger partial charge in [-0.2, -0.15) is 0 Å². The van der Waals surface area contributed by atoms with E-state index in [0.29, 0.717) is 30.2 Å². The van der Waals surface area contributed by atoms with Gasteiger partial charge >= 0.3 is 5.97 Å². The molecule has 3 aliphatic rings. The molecule has 0 saturated heterocycles. The van der Waals surface area contributed by atoms with E-state index in [1.165, 1.54) is 6.92 Å². The molecule has 0 aromatic carbocycles. The minimum atomic E-state index is -1.64. The average Bonchev–Trinajstić information content (AvgIpc) is 3.09. The predicted molar refractivity (Wildman–Crippen MR) is 124 cm³/mol. The Morgan fingerprint density at radius 3 is 2.70 bits per heavy atom. The van der Waals surface area contributed by atoms with Crippen molar-refractivity contribution in [1.29, 1.82) is 0 Å². The lowest BCUT2D eigenvalue weighted by Crippen LogP contribution is -2.43. The molecular weight excluding hydrogens is 446 g/mol. The molecule has 2 atom stereocenters. The lowest BCUT2D eigenvalue weighted by Gasteiger charge is -2.36. The summed E-state index contributed by atoms with van der Waals surface area (Å²) in [6, 6.07) is 0.